The Labute approximate surface area is 86.6 Å². The number of aromatic nitrogens is 1. The molecule has 1 aromatic rings. The summed E-state index contributed by atoms with van der Waals surface area (Å²) in [5, 5.41) is 0. The molecule has 70 valence electrons. The average molecular weight is 263 g/mol. The largest absolute Gasteiger partial charge is 0.276 e. The summed E-state index contributed by atoms with van der Waals surface area (Å²) in [6.45, 7) is 0.399. The van der Waals surface area contributed by atoms with Crippen molar-refractivity contribution in [3.05, 3.63) is 28.5 Å². The topological polar surface area (TPSA) is 51.2 Å². The molecule has 1 aliphatic rings. The molecule has 2 rings (SSSR count). The molecule has 0 aliphatic carbocycles. The summed E-state index contributed by atoms with van der Waals surface area (Å²) in [6, 6.07) is 3.65. The summed E-state index contributed by atoms with van der Waals surface area (Å²) in [6.07, 6.45) is 1.70. The first-order chi connectivity index (χ1) is 6.25. The Morgan fingerprint density at radius 1 is 1.77 bits per heavy atom. The van der Waals surface area contributed by atoms with Crippen LogP contribution in [0.2, 0.25) is 0 Å². The van der Waals surface area contributed by atoms with Crippen molar-refractivity contribution < 1.29 is 8.39 Å². The fourth-order valence-electron chi connectivity index (χ4n) is 1.07. The zero-order chi connectivity index (χ0) is 9.26. The molecule has 0 saturated carbocycles. The number of nitrogens with zero attached hydrogens (tertiary/aromatic N) is 1. The lowest BCUT2D eigenvalue weighted by molar-refractivity contribution is 0.356. The van der Waals surface area contributed by atoms with Crippen LogP contribution in [0.25, 0.3) is 0 Å². The molecule has 0 radical (unpaired) electrons. The highest BCUT2D eigenvalue weighted by Crippen LogP contribution is 2.19. The molecule has 1 fully saturated rings. The molecule has 0 bridgehead atoms. The summed E-state index contributed by atoms with van der Waals surface area (Å²) >= 11 is 1.97. The van der Waals surface area contributed by atoms with E-state index in [1.165, 1.54) is 0 Å². The fourth-order valence-corrected chi connectivity index (χ4v) is 2.17. The van der Waals surface area contributed by atoms with E-state index >= 15 is 0 Å². The van der Waals surface area contributed by atoms with Crippen LogP contribution in [0.3, 0.4) is 0 Å². The Balaban J connectivity index is 2.21. The second-order valence-corrected chi connectivity index (χ2v) is 4.45. The Hall–Kier alpha value is -0.300. The molecule has 6 heteroatoms. The molecule has 4 nitrogen and oxygen atoms in total. The minimum atomic E-state index is -1.37. The van der Waals surface area contributed by atoms with Gasteiger partial charge in [0.15, 0.2) is 0 Å². The summed E-state index contributed by atoms with van der Waals surface area (Å²) < 4.78 is 19.4. The van der Waals surface area contributed by atoms with Crippen LogP contribution >= 0.6 is 15.9 Å². The second kappa shape index (κ2) is 3.83. The van der Waals surface area contributed by atoms with Crippen molar-refractivity contribution in [2.45, 2.75) is 6.04 Å². The standard InChI is InChI=1S/C7H7BrN2O2S/c8-5-1-2-9-6(3-5)7-4-12-13(11)10-7/h1-3,7,10H,4H2. The van der Waals surface area contributed by atoms with Crippen molar-refractivity contribution in [3.63, 3.8) is 0 Å². The predicted octanol–water partition coefficient (Wildman–Crippen LogP) is 1.08. The van der Waals surface area contributed by atoms with Gasteiger partial charge in [0.1, 0.15) is 0 Å². The van der Waals surface area contributed by atoms with Gasteiger partial charge >= 0.3 is 0 Å². The number of nitrogens with one attached hydrogen (secondary N) is 1. The van der Waals surface area contributed by atoms with Gasteiger partial charge in [0.2, 0.25) is 11.3 Å². The van der Waals surface area contributed by atoms with Gasteiger partial charge in [-0.1, -0.05) is 15.9 Å². The van der Waals surface area contributed by atoms with Crippen molar-refractivity contribution in [3.8, 4) is 0 Å². The van der Waals surface area contributed by atoms with E-state index in [4.69, 9.17) is 4.18 Å². The first-order valence-corrected chi connectivity index (χ1v) is 5.55. The molecule has 1 aromatic heterocycles. The van der Waals surface area contributed by atoms with Crippen LogP contribution < -0.4 is 4.72 Å². The van der Waals surface area contributed by atoms with Crippen molar-refractivity contribution in [1.82, 2.24) is 9.71 Å². The first kappa shape index (κ1) is 9.26. The summed E-state index contributed by atoms with van der Waals surface area (Å²) in [5.74, 6) is 0. The van der Waals surface area contributed by atoms with Gasteiger partial charge in [-0.25, -0.2) is 8.93 Å². The number of halogens is 1. The molecule has 13 heavy (non-hydrogen) atoms. The van der Waals surface area contributed by atoms with Gasteiger partial charge < -0.3 is 0 Å². The van der Waals surface area contributed by atoms with Gasteiger partial charge in [-0.2, -0.15) is 0 Å². The lowest BCUT2D eigenvalue weighted by Crippen LogP contribution is -2.16. The molecule has 0 spiro atoms. The van der Waals surface area contributed by atoms with Gasteiger partial charge in [0.05, 0.1) is 18.3 Å². The Kier molecular flexibility index (Phi) is 2.73. The van der Waals surface area contributed by atoms with Gasteiger partial charge in [-0.15, -0.1) is 0 Å². The van der Waals surface area contributed by atoms with E-state index in [0.717, 1.165) is 10.2 Å². The maximum Gasteiger partial charge on any atom is 0.235 e. The van der Waals surface area contributed by atoms with E-state index in [1.807, 2.05) is 12.1 Å². The molecule has 1 aliphatic heterocycles. The van der Waals surface area contributed by atoms with Crippen molar-refractivity contribution in [2.24, 2.45) is 0 Å². The fraction of sp³-hybridized carbons (Fsp3) is 0.286. The monoisotopic (exact) mass is 262 g/mol. The molecule has 2 unspecified atom stereocenters. The number of pyridine rings is 1. The van der Waals surface area contributed by atoms with Crippen LogP contribution in [0.15, 0.2) is 22.8 Å². The van der Waals surface area contributed by atoms with Gasteiger partial charge in [0, 0.05) is 10.7 Å². The third kappa shape index (κ3) is 2.14. The predicted molar refractivity (Wildman–Crippen MR) is 51.9 cm³/mol. The minimum Gasteiger partial charge on any atom is -0.276 e. The maximum absolute atomic E-state index is 10.8. The van der Waals surface area contributed by atoms with Crippen LogP contribution in [-0.4, -0.2) is 15.8 Å². The number of rotatable bonds is 1. The van der Waals surface area contributed by atoms with Crippen LogP contribution in [0, 0.1) is 0 Å². The summed E-state index contributed by atoms with van der Waals surface area (Å²) in [4.78, 5) is 4.15. The SMILES string of the molecule is O=S1NC(c2cc(Br)ccn2)CO1. The minimum absolute atomic E-state index is 0.0710. The third-order valence-corrected chi connectivity index (χ3v) is 3.00. The normalized spacial score (nSPS) is 27.8. The molecule has 0 amide bonds. The molecule has 2 heterocycles. The van der Waals surface area contributed by atoms with E-state index < -0.39 is 11.3 Å². The summed E-state index contributed by atoms with van der Waals surface area (Å²) in [7, 11) is 0. The van der Waals surface area contributed by atoms with E-state index in [-0.39, 0.29) is 6.04 Å². The molecule has 1 saturated heterocycles. The number of hydrogen-bond donors (Lipinski definition) is 1. The van der Waals surface area contributed by atoms with Crippen molar-refractivity contribution in [1.29, 1.82) is 0 Å². The van der Waals surface area contributed by atoms with Crippen molar-refractivity contribution >= 4 is 27.2 Å². The van der Waals surface area contributed by atoms with E-state index in [2.05, 4.69) is 25.6 Å². The third-order valence-electron chi connectivity index (χ3n) is 1.68. The van der Waals surface area contributed by atoms with Gasteiger partial charge in [-0.3, -0.25) is 9.17 Å². The zero-order valence-corrected chi connectivity index (χ0v) is 8.97. The van der Waals surface area contributed by atoms with Crippen LogP contribution in [-0.2, 0) is 15.4 Å². The molecular formula is C7H7BrN2O2S. The van der Waals surface area contributed by atoms with Crippen molar-refractivity contribution in [2.75, 3.05) is 6.61 Å². The lowest BCUT2D eigenvalue weighted by atomic mass is 10.2. The average Bonchev–Trinajstić information content (AvgIpc) is 2.52. The highest BCUT2D eigenvalue weighted by Gasteiger charge is 2.23. The van der Waals surface area contributed by atoms with E-state index in [1.54, 1.807) is 6.20 Å². The van der Waals surface area contributed by atoms with E-state index in [9.17, 15) is 4.21 Å². The Morgan fingerprint density at radius 2 is 2.62 bits per heavy atom. The lowest BCUT2D eigenvalue weighted by Gasteiger charge is -2.05. The smallest absolute Gasteiger partial charge is 0.235 e. The molecular weight excluding hydrogens is 256 g/mol. The first-order valence-electron chi connectivity index (χ1n) is 3.68. The van der Waals surface area contributed by atoms with Gasteiger partial charge in [0.25, 0.3) is 0 Å². The highest BCUT2D eigenvalue weighted by molar-refractivity contribution is 9.10. The number of hydrogen-bond acceptors (Lipinski definition) is 3. The van der Waals surface area contributed by atoms with Crippen LogP contribution in [0.1, 0.15) is 11.7 Å². The zero-order valence-electron chi connectivity index (χ0n) is 6.57. The molecule has 2 atom stereocenters. The van der Waals surface area contributed by atoms with Crippen LogP contribution in [0.5, 0.6) is 0 Å². The Bertz CT molecular complexity index is 347. The molecule has 1 N–H and O–H groups in total. The van der Waals surface area contributed by atoms with Gasteiger partial charge in [-0.05, 0) is 12.1 Å². The van der Waals surface area contributed by atoms with E-state index in [0.29, 0.717) is 6.61 Å². The second-order valence-electron chi connectivity index (χ2n) is 2.59. The Morgan fingerprint density at radius 3 is 3.23 bits per heavy atom. The van der Waals surface area contributed by atoms with Crippen LogP contribution in [0.4, 0.5) is 0 Å². The highest BCUT2D eigenvalue weighted by atomic mass is 79.9. The molecule has 0 aromatic carbocycles. The summed E-state index contributed by atoms with van der Waals surface area (Å²) in [5.41, 5.74) is 0.834. The quantitative estimate of drug-likeness (QED) is 0.825. The maximum atomic E-state index is 10.8.